The highest BCUT2D eigenvalue weighted by atomic mass is 32.1. The molecule has 130 valence electrons. The van der Waals surface area contributed by atoms with Crippen LogP contribution in [0.15, 0.2) is 53.4 Å². The minimum Gasteiger partial charge on any atom is -0.497 e. The Balaban J connectivity index is 1.62. The minimum absolute atomic E-state index is 0.0238. The van der Waals surface area contributed by atoms with Crippen molar-refractivity contribution in [3.8, 4) is 5.75 Å². The SMILES string of the molecule is COc1ccc(C(=O)N2CCN(C(=O)c3ccccc3S)CC2)cc1. The van der Waals surface area contributed by atoms with Gasteiger partial charge in [-0.25, -0.2) is 0 Å². The fourth-order valence-corrected chi connectivity index (χ4v) is 3.11. The summed E-state index contributed by atoms with van der Waals surface area (Å²) in [4.78, 5) is 29.4. The maximum absolute atomic E-state index is 12.6. The first-order valence-electron chi connectivity index (χ1n) is 8.11. The second-order valence-corrected chi connectivity index (χ2v) is 6.31. The van der Waals surface area contributed by atoms with Crippen molar-refractivity contribution in [3.05, 3.63) is 59.7 Å². The Morgan fingerprint density at radius 1 is 0.880 bits per heavy atom. The Morgan fingerprint density at radius 3 is 2.00 bits per heavy atom. The second-order valence-electron chi connectivity index (χ2n) is 5.83. The molecule has 0 unspecified atom stereocenters. The summed E-state index contributed by atoms with van der Waals surface area (Å²) in [7, 11) is 1.59. The second kappa shape index (κ2) is 7.61. The quantitative estimate of drug-likeness (QED) is 0.860. The van der Waals surface area contributed by atoms with Crippen LogP contribution in [-0.2, 0) is 0 Å². The molecule has 2 aromatic rings. The molecule has 0 radical (unpaired) electrons. The number of thiol groups is 1. The highest BCUT2D eigenvalue weighted by Gasteiger charge is 2.26. The van der Waals surface area contributed by atoms with Crippen LogP contribution in [-0.4, -0.2) is 54.9 Å². The van der Waals surface area contributed by atoms with Gasteiger partial charge in [0.15, 0.2) is 0 Å². The Hall–Kier alpha value is -2.47. The molecule has 5 nitrogen and oxygen atoms in total. The van der Waals surface area contributed by atoms with Crippen molar-refractivity contribution in [3.63, 3.8) is 0 Å². The Kier molecular flexibility index (Phi) is 5.28. The molecule has 2 amide bonds. The molecule has 0 aromatic heterocycles. The number of carbonyl (C=O) groups is 2. The standard InChI is InChI=1S/C19H20N2O3S/c1-24-15-8-6-14(7-9-15)18(22)20-10-12-21(13-11-20)19(23)16-4-2-3-5-17(16)25/h2-9,25H,10-13H2,1H3. The molecular formula is C19H20N2O3S. The van der Waals surface area contributed by atoms with Crippen LogP contribution < -0.4 is 4.74 Å². The summed E-state index contributed by atoms with van der Waals surface area (Å²) < 4.78 is 5.11. The van der Waals surface area contributed by atoms with Gasteiger partial charge >= 0.3 is 0 Å². The zero-order chi connectivity index (χ0) is 17.8. The van der Waals surface area contributed by atoms with Gasteiger partial charge in [0, 0.05) is 36.6 Å². The van der Waals surface area contributed by atoms with Crippen molar-refractivity contribution < 1.29 is 14.3 Å². The molecule has 2 aromatic carbocycles. The van der Waals surface area contributed by atoms with Gasteiger partial charge in [-0.15, -0.1) is 12.6 Å². The van der Waals surface area contributed by atoms with Crippen molar-refractivity contribution in [2.24, 2.45) is 0 Å². The van der Waals surface area contributed by atoms with Gasteiger partial charge in [-0.1, -0.05) is 12.1 Å². The molecule has 3 rings (SSSR count). The largest absolute Gasteiger partial charge is 0.497 e. The highest BCUT2D eigenvalue weighted by Crippen LogP contribution is 2.18. The van der Waals surface area contributed by atoms with Crippen LogP contribution >= 0.6 is 12.6 Å². The summed E-state index contributed by atoms with van der Waals surface area (Å²) in [5, 5.41) is 0. The molecule has 0 saturated carbocycles. The number of amides is 2. The number of hydrogen-bond acceptors (Lipinski definition) is 4. The third kappa shape index (κ3) is 3.79. The van der Waals surface area contributed by atoms with Crippen LogP contribution in [0.3, 0.4) is 0 Å². The summed E-state index contributed by atoms with van der Waals surface area (Å²) in [5.74, 6) is 0.656. The predicted molar refractivity (Wildman–Crippen MR) is 98.5 cm³/mol. The van der Waals surface area contributed by atoms with E-state index in [9.17, 15) is 9.59 Å². The lowest BCUT2D eigenvalue weighted by atomic mass is 10.1. The molecule has 6 heteroatoms. The molecular weight excluding hydrogens is 336 g/mol. The molecule has 1 heterocycles. The van der Waals surface area contributed by atoms with Crippen LogP contribution in [0.1, 0.15) is 20.7 Å². The zero-order valence-corrected chi connectivity index (χ0v) is 14.9. The Bertz CT molecular complexity index is 768. The van der Waals surface area contributed by atoms with Gasteiger partial charge in [0.25, 0.3) is 11.8 Å². The fraction of sp³-hybridized carbons (Fsp3) is 0.263. The number of carbonyl (C=O) groups excluding carboxylic acids is 2. The van der Waals surface area contributed by atoms with E-state index in [1.165, 1.54) is 0 Å². The maximum Gasteiger partial charge on any atom is 0.255 e. The van der Waals surface area contributed by atoms with Gasteiger partial charge in [0.05, 0.1) is 12.7 Å². The average molecular weight is 356 g/mol. The third-order valence-corrected chi connectivity index (χ3v) is 4.72. The lowest BCUT2D eigenvalue weighted by Gasteiger charge is -2.35. The van der Waals surface area contributed by atoms with Crippen LogP contribution in [0.2, 0.25) is 0 Å². The van der Waals surface area contributed by atoms with Gasteiger partial charge in [0.2, 0.25) is 0 Å². The average Bonchev–Trinajstić information content (AvgIpc) is 2.67. The van der Waals surface area contributed by atoms with Gasteiger partial charge in [-0.2, -0.15) is 0 Å². The molecule has 1 aliphatic heterocycles. The normalized spacial score (nSPS) is 14.3. The first kappa shape index (κ1) is 17.4. The number of rotatable bonds is 3. The summed E-state index contributed by atoms with van der Waals surface area (Å²) >= 11 is 4.35. The summed E-state index contributed by atoms with van der Waals surface area (Å²) in [6.07, 6.45) is 0. The first-order chi connectivity index (χ1) is 12.1. The van der Waals surface area contributed by atoms with Gasteiger partial charge in [-0.3, -0.25) is 9.59 Å². The van der Waals surface area contributed by atoms with Crippen molar-refractivity contribution in [1.82, 2.24) is 9.80 Å². The van der Waals surface area contributed by atoms with E-state index >= 15 is 0 Å². The number of methoxy groups -OCH3 is 1. The molecule has 0 bridgehead atoms. The number of ether oxygens (including phenoxy) is 1. The van der Waals surface area contributed by atoms with E-state index in [-0.39, 0.29) is 11.8 Å². The van der Waals surface area contributed by atoms with E-state index in [1.807, 2.05) is 12.1 Å². The van der Waals surface area contributed by atoms with Gasteiger partial charge in [0.1, 0.15) is 5.75 Å². The third-order valence-electron chi connectivity index (χ3n) is 4.33. The summed E-state index contributed by atoms with van der Waals surface area (Å²) in [5.41, 5.74) is 1.22. The number of piperazine rings is 1. The van der Waals surface area contributed by atoms with E-state index in [4.69, 9.17) is 4.74 Å². The topological polar surface area (TPSA) is 49.9 Å². The van der Waals surface area contributed by atoms with Gasteiger partial charge < -0.3 is 14.5 Å². The lowest BCUT2D eigenvalue weighted by Crippen LogP contribution is -2.50. The van der Waals surface area contributed by atoms with E-state index in [1.54, 1.807) is 53.3 Å². The lowest BCUT2D eigenvalue weighted by molar-refractivity contribution is 0.0533. The van der Waals surface area contributed by atoms with E-state index < -0.39 is 0 Å². The van der Waals surface area contributed by atoms with Crippen molar-refractivity contribution in [2.75, 3.05) is 33.3 Å². The molecule has 0 aliphatic carbocycles. The predicted octanol–water partition coefficient (Wildman–Crippen LogP) is 2.58. The van der Waals surface area contributed by atoms with Crippen LogP contribution in [0.5, 0.6) is 5.75 Å². The molecule has 1 fully saturated rings. The van der Waals surface area contributed by atoms with Gasteiger partial charge in [-0.05, 0) is 36.4 Å². The van der Waals surface area contributed by atoms with E-state index in [2.05, 4.69) is 12.6 Å². The monoisotopic (exact) mass is 356 g/mol. The van der Waals surface area contributed by atoms with Crippen LogP contribution in [0.25, 0.3) is 0 Å². The highest BCUT2D eigenvalue weighted by molar-refractivity contribution is 7.80. The van der Waals surface area contributed by atoms with Crippen molar-refractivity contribution in [2.45, 2.75) is 4.90 Å². The van der Waals surface area contributed by atoms with Crippen molar-refractivity contribution in [1.29, 1.82) is 0 Å². The molecule has 0 atom stereocenters. The van der Waals surface area contributed by atoms with Crippen LogP contribution in [0, 0.1) is 0 Å². The number of hydrogen-bond donors (Lipinski definition) is 1. The summed E-state index contributed by atoms with van der Waals surface area (Å²) in [6, 6.07) is 14.3. The number of benzene rings is 2. The molecule has 1 aliphatic rings. The minimum atomic E-state index is -0.0397. The van der Waals surface area contributed by atoms with E-state index in [0.29, 0.717) is 42.2 Å². The zero-order valence-electron chi connectivity index (χ0n) is 14.0. The van der Waals surface area contributed by atoms with Crippen LogP contribution in [0.4, 0.5) is 0 Å². The molecule has 0 spiro atoms. The Labute approximate surface area is 152 Å². The first-order valence-corrected chi connectivity index (χ1v) is 8.55. The molecule has 1 saturated heterocycles. The smallest absolute Gasteiger partial charge is 0.255 e. The summed E-state index contributed by atoms with van der Waals surface area (Å²) in [6.45, 7) is 2.07. The molecule has 25 heavy (non-hydrogen) atoms. The molecule has 0 N–H and O–H groups in total. The van der Waals surface area contributed by atoms with E-state index in [0.717, 1.165) is 5.75 Å². The number of nitrogens with zero attached hydrogens (tertiary/aromatic N) is 2. The fourth-order valence-electron chi connectivity index (χ4n) is 2.85. The van der Waals surface area contributed by atoms with Crippen molar-refractivity contribution >= 4 is 24.4 Å². The maximum atomic E-state index is 12.6. The Morgan fingerprint density at radius 2 is 1.44 bits per heavy atom.